The molecule has 0 aliphatic rings. The quantitative estimate of drug-likeness (QED) is 0.503. The Morgan fingerprint density at radius 3 is 2.74 bits per heavy atom. The summed E-state index contributed by atoms with van der Waals surface area (Å²) in [6.45, 7) is 4.51. The van der Waals surface area contributed by atoms with E-state index in [1.807, 2.05) is 38.1 Å². The van der Waals surface area contributed by atoms with Crippen LogP contribution in [0.3, 0.4) is 0 Å². The van der Waals surface area contributed by atoms with Crippen LogP contribution in [0.1, 0.15) is 37.4 Å². The van der Waals surface area contributed by atoms with Gasteiger partial charge in [0.2, 0.25) is 5.88 Å². The molecule has 2 aromatic heterocycles. The molecule has 140 valence electrons. The zero-order valence-electron chi connectivity index (χ0n) is 15.0. The maximum absolute atomic E-state index is 12.2. The van der Waals surface area contributed by atoms with E-state index in [1.165, 1.54) is 17.1 Å². The van der Waals surface area contributed by atoms with E-state index in [0.29, 0.717) is 12.2 Å². The van der Waals surface area contributed by atoms with E-state index in [-0.39, 0.29) is 22.3 Å². The number of benzene rings is 1. The van der Waals surface area contributed by atoms with Crippen molar-refractivity contribution in [2.24, 2.45) is 4.99 Å². The molecule has 0 fully saturated rings. The number of hydrogen-bond acceptors (Lipinski definition) is 6. The van der Waals surface area contributed by atoms with E-state index >= 15 is 0 Å². The van der Waals surface area contributed by atoms with Crippen molar-refractivity contribution < 1.29 is 5.11 Å². The summed E-state index contributed by atoms with van der Waals surface area (Å²) in [4.78, 5) is 23.0. The van der Waals surface area contributed by atoms with Crippen LogP contribution in [-0.2, 0) is 6.54 Å². The SMILES string of the molecule is CC[C@@H](C)n1c(O)c(C=Nc2ccc(Cn3cncn3)cc2)c(=O)[nH]c1=S. The first-order valence-electron chi connectivity index (χ1n) is 8.52. The van der Waals surface area contributed by atoms with Crippen LogP contribution < -0.4 is 5.56 Å². The maximum atomic E-state index is 12.2. The number of hydrogen-bond donors (Lipinski definition) is 2. The highest BCUT2D eigenvalue weighted by atomic mass is 32.1. The van der Waals surface area contributed by atoms with Gasteiger partial charge in [-0.3, -0.25) is 19.3 Å². The van der Waals surface area contributed by atoms with Gasteiger partial charge in [-0.25, -0.2) is 9.67 Å². The fraction of sp³-hybridized carbons (Fsp3) is 0.278. The van der Waals surface area contributed by atoms with Crippen molar-refractivity contribution in [1.82, 2.24) is 24.3 Å². The highest BCUT2D eigenvalue weighted by molar-refractivity contribution is 7.71. The lowest BCUT2D eigenvalue weighted by Crippen LogP contribution is -2.20. The average molecular weight is 384 g/mol. The lowest BCUT2D eigenvalue weighted by molar-refractivity contribution is 0.371. The van der Waals surface area contributed by atoms with Gasteiger partial charge in [0.1, 0.15) is 18.2 Å². The normalized spacial score (nSPS) is 12.5. The standard InChI is InChI=1S/C18H20N6O2S/c1-3-12(2)24-17(26)15(16(25)22-18(24)27)8-20-14-6-4-13(5-7-14)9-23-11-19-10-21-23/h4-8,10-12,26H,3,9H2,1-2H3,(H,22,25,27)/t12-/m1/s1. The third-order valence-corrected chi connectivity index (χ3v) is 4.57. The first-order valence-corrected chi connectivity index (χ1v) is 8.93. The minimum atomic E-state index is -0.469. The lowest BCUT2D eigenvalue weighted by atomic mass is 10.2. The number of nitrogens with zero attached hydrogens (tertiary/aromatic N) is 5. The molecule has 0 aliphatic heterocycles. The number of aromatic amines is 1. The molecule has 0 amide bonds. The van der Waals surface area contributed by atoms with Crippen molar-refractivity contribution in [2.75, 3.05) is 0 Å². The van der Waals surface area contributed by atoms with Crippen LogP contribution in [0.25, 0.3) is 0 Å². The number of aromatic hydroxyl groups is 1. The molecule has 3 aromatic rings. The molecule has 3 rings (SSSR count). The van der Waals surface area contributed by atoms with E-state index in [9.17, 15) is 9.90 Å². The molecule has 0 radical (unpaired) electrons. The molecule has 2 N–H and O–H groups in total. The summed E-state index contributed by atoms with van der Waals surface area (Å²) in [6.07, 6.45) is 5.25. The topological polar surface area (TPSA) is 101 Å². The fourth-order valence-corrected chi connectivity index (χ4v) is 2.95. The van der Waals surface area contributed by atoms with Gasteiger partial charge < -0.3 is 5.11 Å². The largest absolute Gasteiger partial charge is 0.494 e. The molecule has 0 spiro atoms. The van der Waals surface area contributed by atoms with Crippen LogP contribution in [-0.4, -0.2) is 35.6 Å². The van der Waals surface area contributed by atoms with Crippen LogP contribution in [0.2, 0.25) is 0 Å². The minimum Gasteiger partial charge on any atom is -0.494 e. The van der Waals surface area contributed by atoms with Gasteiger partial charge in [0.05, 0.1) is 12.2 Å². The average Bonchev–Trinajstić information content (AvgIpc) is 3.15. The van der Waals surface area contributed by atoms with Crippen LogP contribution in [0.4, 0.5) is 5.69 Å². The highest BCUT2D eigenvalue weighted by Gasteiger charge is 2.14. The summed E-state index contributed by atoms with van der Waals surface area (Å²) in [6, 6.07) is 7.46. The molecule has 0 aliphatic carbocycles. The molecule has 2 heterocycles. The summed E-state index contributed by atoms with van der Waals surface area (Å²) in [5.74, 6) is -0.176. The molecule has 8 nitrogen and oxygen atoms in total. The van der Waals surface area contributed by atoms with E-state index in [1.54, 1.807) is 11.0 Å². The Morgan fingerprint density at radius 1 is 1.37 bits per heavy atom. The van der Waals surface area contributed by atoms with Gasteiger partial charge in [0.15, 0.2) is 4.77 Å². The van der Waals surface area contributed by atoms with Crippen molar-refractivity contribution in [3.63, 3.8) is 0 Å². The van der Waals surface area contributed by atoms with Gasteiger partial charge in [-0.15, -0.1) is 0 Å². The molecule has 0 saturated carbocycles. The predicted molar refractivity (Wildman–Crippen MR) is 105 cm³/mol. The van der Waals surface area contributed by atoms with Crippen LogP contribution in [0.5, 0.6) is 5.88 Å². The summed E-state index contributed by atoms with van der Waals surface area (Å²) >= 11 is 5.16. The monoisotopic (exact) mass is 384 g/mol. The van der Waals surface area contributed by atoms with Crippen LogP contribution in [0, 0.1) is 4.77 Å². The first kappa shape index (κ1) is 18.7. The molecular formula is C18H20N6O2S. The summed E-state index contributed by atoms with van der Waals surface area (Å²) in [5, 5.41) is 14.6. The van der Waals surface area contributed by atoms with E-state index < -0.39 is 5.56 Å². The van der Waals surface area contributed by atoms with Crippen molar-refractivity contribution in [2.45, 2.75) is 32.9 Å². The second-order valence-electron chi connectivity index (χ2n) is 6.14. The molecule has 1 aromatic carbocycles. The van der Waals surface area contributed by atoms with Crippen molar-refractivity contribution in [3.05, 3.63) is 63.2 Å². The van der Waals surface area contributed by atoms with Gasteiger partial charge in [0.25, 0.3) is 5.56 Å². The first-order chi connectivity index (χ1) is 13.0. The highest BCUT2D eigenvalue weighted by Crippen LogP contribution is 2.21. The zero-order chi connectivity index (χ0) is 19.4. The molecule has 0 bridgehead atoms. The van der Waals surface area contributed by atoms with E-state index in [2.05, 4.69) is 20.1 Å². The number of rotatable bonds is 6. The third kappa shape index (κ3) is 4.20. The number of H-pyrrole nitrogens is 1. The number of nitrogens with one attached hydrogen (secondary N) is 1. The molecule has 9 heteroatoms. The summed E-state index contributed by atoms with van der Waals surface area (Å²) in [7, 11) is 0. The third-order valence-electron chi connectivity index (χ3n) is 4.27. The number of aromatic nitrogens is 5. The predicted octanol–water partition coefficient (Wildman–Crippen LogP) is 2.97. The Bertz CT molecular complexity index is 1050. The maximum Gasteiger partial charge on any atom is 0.264 e. The minimum absolute atomic E-state index is 0.0439. The Balaban J connectivity index is 1.85. The van der Waals surface area contributed by atoms with Crippen molar-refractivity contribution in [1.29, 1.82) is 0 Å². The Hall–Kier alpha value is -3.07. The lowest BCUT2D eigenvalue weighted by Gasteiger charge is -2.16. The molecule has 0 saturated heterocycles. The van der Waals surface area contributed by atoms with Crippen molar-refractivity contribution in [3.8, 4) is 5.88 Å². The van der Waals surface area contributed by atoms with E-state index in [4.69, 9.17) is 12.2 Å². The van der Waals surface area contributed by atoms with Gasteiger partial charge >= 0.3 is 0 Å². The second-order valence-corrected chi connectivity index (χ2v) is 6.53. The van der Waals surface area contributed by atoms with Crippen LogP contribution in [0.15, 0.2) is 46.7 Å². The summed E-state index contributed by atoms with van der Waals surface area (Å²) in [5.41, 5.74) is 1.32. The number of aliphatic imine (C=N–C) groups is 1. The van der Waals surface area contributed by atoms with Gasteiger partial charge in [-0.1, -0.05) is 19.1 Å². The molecular weight excluding hydrogens is 364 g/mol. The van der Waals surface area contributed by atoms with E-state index in [0.717, 1.165) is 12.0 Å². The van der Waals surface area contributed by atoms with Gasteiger partial charge in [0, 0.05) is 12.3 Å². The van der Waals surface area contributed by atoms with Gasteiger partial charge in [-0.2, -0.15) is 5.10 Å². The fourth-order valence-electron chi connectivity index (χ4n) is 2.59. The Morgan fingerprint density at radius 2 is 2.11 bits per heavy atom. The molecule has 27 heavy (non-hydrogen) atoms. The Labute approximate surface area is 160 Å². The van der Waals surface area contributed by atoms with Gasteiger partial charge in [-0.05, 0) is 43.3 Å². The summed E-state index contributed by atoms with van der Waals surface area (Å²) < 4.78 is 3.44. The van der Waals surface area contributed by atoms with Crippen molar-refractivity contribution >= 4 is 24.1 Å². The molecule has 0 unspecified atom stereocenters. The molecule has 1 atom stereocenters. The second kappa shape index (κ2) is 8.09. The zero-order valence-corrected chi connectivity index (χ0v) is 15.8. The van der Waals surface area contributed by atoms with Crippen LogP contribution >= 0.6 is 12.2 Å². The Kier molecular flexibility index (Phi) is 5.60. The smallest absolute Gasteiger partial charge is 0.264 e.